The predicted molar refractivity (Wildman–Crippen MR) is 127 cm³/mol. The Hall–Kier alpha value is -4.01. The molecule has 4 N–H and O–H groups in total. The molecule has 0 radical (unpaired) electrons. The Kier molecular flexibility index (Phi) is 6.12. The van der Waals surface area contributed by atoms with Crippen LogP contribution in [0.5, 0.6) is 23.0 Å². The van der Waals surface area contributed by atoms with Crippen LogP contribution < -0.4 is 0 Å². The Morgan fingerprint density at radius 3 is 2.34 bits per heavy atom. The lowest BCUT2D eigenvalue weighted by Crippen LogP contribution is -2.15. The third kappa shape index (κ3) is 3.88. The summed E-state index contributed by atoms with van der Waals surface area (Å²) in [4.78, 5) is 4.09. The molecule has 0 unspecified atom stereocenters. The van der Waals surface area contributed by atoms with Gasteiger partial charge in [0.2, 0.25) is 5.75 Å². The molecule has 16 heteroatoms. The van der Waals surface area contributed by atoms with E-state index < -0.39 is 62.7 Å². The Labute approximate surface area is 222 Å². The Bertz CT molecular complexity index is 1650. The molecule has 2 aromatic carbocycles. The summed E-state index contributed by atoms with van der Waals surface area (Å²) in [6.45, 7) is 0. The molecular formula is C22H10Cl2F4N4O5S. The summed E-state index contributed by atoms with van der Waals surface area (Å²) < 4.78 is 63.5. The standard InChI is InChI=1S/C22H10Cl2F4N4O5S/c23-8-2-1-3-9(25)10(8)13-11(21-29-4-5-38-21)19(37-31-13)7-6-30-32(20(7)22(26,27)28)14-15(33)12(24)16(34)18(36)17(14)35/h1-6,33-36H. The van der Waals surface area contributed by atoms with Gasteiger partial charge in [0, 0.05) is 11.6 Å². The van der Waals surface area contributed by atoms with Gasteiger partial charge in [0.25, 0.3) is 0 Å². The van der Waals surface area contributed by atoms with Crippen molar-refractivity contribution in [2.45, 2.75) is 6.18 Å². The van der Waals surface area contributed by atoms with Crippen LogP contribution in [0.2, 0.25) is 10.0 Å². The molecular weight excluding hydrogens is 579 g/mol. The van der Waals surface area contributed by atoms with Gasteiger partial charge in [-0.05, 0) is 12.1 Å². The van der Waals surface area contributed by atoms with Gasteiger partial charge in [0.05, 0.1) is 27.9 Å². The van der Waals surface area contributed by atoms with Crippen LogP contribution in [0.4, 0.5) is 17.6 Å². The van der Waals surface area contributed by atoms with Crippen molar-refractivity contribution < 1.29 is 42.5 Å². The summed E-state index contributed by atoms with van der Waals surface area (Å²) in [6.07, 6.45) is -3.19. The average molecular weight is 589 g/mol. The van der Waals surface area contributed by atoms with E-state index >= 15 is 0 Å². The third-order valence-electron chi connectivity index (χ3n) is 5.35. The molecule has 38 heavy (non-hydrogen) atoms. The molecule has 3 aromatic heterocycles. The summed E-state index contributed by atoms with van der Waals surface area (Å²) >= 11 is 12.9. The Morgan fingerprint density at radius 2 is 1.71 bits per heavy atom. The van der Waals surface area contributed by atoms with E-state index in [4.69, 9.17) is 27.7 Å². The number of phenolic OH excluding ortho intramolecular Hbond substituents is 4. The molecule has 0 aliphatic rings. The zero-order chi connectivity index (χ0) is 27.5. The third-order valence-corrected chi connectivity index (χ3v) is 6.81. The number of nitrogens with zero attached hydrogens (tertiary/aromatic N) is 4. The second-order valence-electron chi connectivity index (χ2n) is 7.54. The van der Waals surface area contributed by atoms with Crippen molar-refractivity contribution in [3.63, 3.8) is 0 Å². The lowest BCUT2D eigenvalue weighted by Gasteiger charge is -2.16. The summed E-state index contributed by atoms with van der Waals surface area (Å²) in [5, 5.41) is 48.2. The normalized spacial score (nSPS) is 11.8. The SMILES string of the molecule is Oc1c(O)c(Cl)c(O)c(-n2ncc(-c3onc(-c4c(F)cccc4Cl)c3-c3nccs3)c2C(F)(F)F)c1O. The van der Waals surface area contributed by atoms with E-state index in [2.05, 4.69) is 15.2 Å². The summed E-state index contributed by atoms with van der Waals surface area (Å²) in [7, 11) is 0. The van der Waals surface area contributed by atoms with Crippen LogP contribution in [-0.4, -0.2) is 40.3 Å². The van der Waals surface area contributed by atoms with Crippen molar-refractivity contribution in [1.29, 1.82) is 0 Å². The summed E-state index contributed by atoms with van der Waals surface area (Å²) in [5.74, 6) is -6.39. The van der Waals surface area contributed by atoms with Gasteiger partial charge in [-0.1, -0.05) is 34.4 Å². The minimum Gasteiger partial charge on any atom is -0.504 e. The maximum Gasteiger partial charge on any atom is 0.434 e. The van der Waals surface area contributed by atoms with Crippen LogP contribution in [0.25, 0.3) is 38.8 Å². The van der Waals surface area contributed by atoms with Crippen molar-refractivity contribution in [3.8, 4) is 61.8 Å². The van der Waals surface area contributed by atoms with Gasteiger partial charge >= 0.3 is 6.18 Å². The molecule has 0 aliphatic heterocycles. The molecule has 0 fully saturated rings. The summed E-state index contributed by atoms with van der Waals surface area (Å²) in [6, 6.07) is 3.76. The van der Waals surface area contributed by atoms with E-state index in [1.165, 1.54) is 23.7 Å². The summed E-state index contributed by atoms with van der Waals surface area (Å²) in [5.41, 5.74) is -4.08. The molecule has 0 atom stereocenters. The first-order valence-electron chi connectivity index (χ1n) is 10.1. The van der Waals surface area contributed by atoms with Gasteiger partial charge in [0.1, 0.15) is 21.5 Å². The lowest BCUT2D eigenvalue weighted by molar-refractivity contribution is -0.142. The maximum atomic E-state index is 14.8. The van der Waals surface area contributed by atoms with Crippen molar-refractivity contribution in [1.82, 2.24) is 19.9 Å². The van der Waals surface area contributed by atoms with Gasteiger partial charge in [0.15, 0.2) is 34.4 Å². The van der Waals surface area contributed by atoms with E-state index in [9.17, 15) is 38.0 Å². The first-order chi connectivity index (χ1) is 17.9. The molecule has 0 spiro atoms. The van der Waals surface area contributed by atoms with Crippen molar-refractivity contribution in [2.75, 3.05) is 0 Å². The largest absolute Gasteiger partial charge is 0.504 e. The van der Waals surface area contributed by atoms with E-state index in [-0.39, 0.29) is 31.5 Å². The number of thiazole rings is 1. The quantitative estimate of drug-likeness (QED) is 0.105. The molecule has 0 amide bonds. The van der Waals surface area contributed by atoms with Gasteiger partial charge < -0.3 is 24.9 Å². The predicted octanol–water partition coefficient (Wildman–Crippen LogP) is 6.60. The van der Waals surface area contributed by atoms with Gasteiger partial charge in [-0.25, -0.2) is 14.1 Å². The van der Waals surface area contributed by atoms with Crippen LogP contribution in [-0.2, 0) is 6.18 Å². The van der Waals surface area contributed by atoms with Gasteiger partial charge in [-0.3, -0.25) is 0 Å². The Balaban J connectivity index is 1.85. The highest BCUT2D eigenvalue weighted by Gasteiger charge is 2.43. The topological polar surface area (TPSA) is 138 Å². The van der Waals surface area contributed by atoms with E-state index in [0.717, 1.165) is 17.4 Å². The number of aromatic hydroxyl groups is 4. The number of hydrogen-bond donors (Lipinski definition) is 4. The van der Waals surface area contributed by atoms with Crippen LogP contribution >= 0.6 is 34.5 Å². The molecule has 196 valence electrons. The molecule has 5 aromatic rings. The molecule has 0 saturated heterocycles. The number of benzene rings is 2. The fourth-order valence-corrected chi connectivity index (χ4v) is 4.84. The molecule has 0 aliphatic carbocycles. The number of halogens is 6. The first kappa shape index (κ1) is 25.6. The van der Waals surface area contributed by atoms with Gasteiger partial charge in [-0.15, -0.1) is 11.3 Å². The average Bonchev–Trinajstić information content (AvgIpc) is 3.60. The Morgan fingerprint density at radius 1 is 0.974 bits per heavy atom. The van der Waals surface area contributed by atoms with Crippen LogP contribution in [0, 0.1) is 5.82 Å². The lowest BCUT2D eigenvalue weighted by atomic mass is 10.0. The second kappa shape index (κ2) is 9.08. The fourth-order valence-electron chi connectivity index (χ4n) is 3.73. The van der Waals surface area contributed by atoms with Crippen LogP contribution in [0.3, 0.4) is 0 Å². The molecule has 0 bridgehead atoms. The molecule has 5 rings (SSSR count). The maximum absolute atomic E-state index is 14.8. The smallest absolute Gasteiger partial charge is 0.434 e. The second-order valence-corrected chi connectivity index (χ2v) is 9.22. The van der Waals surface area contributed by atoms with Crippen LogP contribution in [0.15, 0.2) is 40.5 Å². The number of rotatable bonds is 4. The number of phenols is 4. The zero-order valence-corrected chi connectivity index (χ0v) is 20.5. The van der Waals surface area contributed by atoms with E-state index in [1.54, 1.807) is 0 Å². The molecule has 9 nitrogen and oxygen atoms in total. The van der Waals surface area contributed by atoms with Gasteiger partial charge in [-0.2, -0.15) is 18.3 Å². The number of hydrogen-bond acceptors (Lipinski definition) is 9. The monoisotopic (exact) mass is 588 g/mol. The van der Waals surface area contributed by atoms with E-state index in [1.807, 2.05) is 0 Å². The highest BCUT2D eigenvalue weighted by Crippen LogP contribution is 2.53. The highest BCUT2D eigenvalue weighted by atomic mass is 35.5. The minimum absolute atomic E-state index is 0.0505. The van der Waals surface area contributed by atoms with E-state index in [0.29, 0.717) is 6.20 Å². The number of aromatic nitrogens is 4. The molecule has 0 saturated carbocycles. The fraction of sp³-hybridized carbons (Fsp3) is 0.0455. The minimum atomic E-state index is -5.23. The van der Waals surface area contributed by atoms with Crippen molar-refractivity contribution in [3.05, 3.63) is 57.5 Å². The van der Waals surface area contributed by atoms with Crippen molar-refractivity contribution in [2.24, 2.45) is 0 Å². The first-order valence-corrected chi connectivity index (χ1v) is 11.7. The zero-order valence-electron chi connectivity index (χ0n) is 18.1. The highest BCUT2D eigenvalue weighted by molar-refractivity contribution is 7.13. The molecule has 3 heterocycles. The number of alkyl halides is 3. The van der Waals surface area contributed by atoms with Crippen molar-refractivity contribution >= 4 is 34.5 Å². The van der Waals surface area contributed by atoms with Crippen LogP contribution in [0.1, 0.15) is 5.69 Å².